The van der Waals surface area contributed by atoms with Gasteiger partial charge in [-0.25, -0.2) is 4.79 Å². The van der Waals surface area contributed by atoms with Gasteiger partial charge in [0.15, 0.2) is 11.5 Å². The highest BCUT2D eigenvalue weighted by molar-refractivity contribution is 9.10. The molecule has 4 aromatic rings. The molecule has 0 bridgehead atoms. The molecular formula is C29H25BrO6. The van der Waals surface area contributed by atoms with Crippen molar-refractivity contribution in [3.05, 3.63) is 86.2 Å². The van der Waals surface area contributed by atoms with Crippen LogP contribution in [0.5, 0.6) is 17.2 Å². The first kappa shape index (κ1) is 24.1. The number of halogens is 1. The lowest BCUT2D eigenvalue weighted by Gasteiger charge is -2.14. The van der Waals surface area contributed by atoms with Crippen molar-refractivity contribution in [2.24, 2.45) is 0 Å². The van der Waals surface area contributed by atoms with Crippen LogP contribution in [0.3, 0.4) is 0 Å². The molecule has 0 spiro atoms. The summed E-state index contributed by atoms with van der Waals surface area (Å²) < 4.78 is 24.3. The molecular weight excluding hydrogens is 524 g/mol. The number of carbonyl (C=O) groups is 1. The molecule has 0 amide bonds. The van der Waals surface area contributed by atoms with Gasteiger partial charge in [0.1, 0.15) is 17.1 Å². The predicted octanol–water partition coefficient (Wildman–Crippen LogP) is 6.86. The van der Waals surface area contributed by atoms with Gasteiger partial charge in [-0.2, -0.15) is 0 Å². The maximum Gasteiger partial charge on any atom is 0.343 e. The first-order chi connectivity index (χ1) is 17.4. The molecule has 2 heterocycles. The SMILES string of the molecule is CCCc1cc2c(=O)c(-c3ccc4c(c3)OCCCO4)c(C)oc2cc1OC(=O)c1ccc(Br)cc1. The van der Waals surface area contributed by atoms with E-state index in [-0.39, 0.29) is 5.43 Å². The summed E-state index contributed by atoms with van der Waals surface area (Å²) in [6.07, 6.45) is 2.27. The molecule has 0 fully saturated rings. The minimum atomic E-state index is -0.470. The number of ether oxygens (including phenoxy) is 3. The zero-order valence-corrected chi connectivity index (χ0v) is 21.6. The van der Waals surface area contributed by atoms with Crippen molar-refractivity contribution in [2.75, 3.05) is 13.2 Å². The first-order valence-corrected chi connectivity index (χ1v) is 12.7. The molecule has 1 aliphatic rings. The molecule has 0 N–H and O–H groups in total. The van der Waals surface area contributed by atoms with E-state index in [4.69, 9.17) is 18.6 Å². The van der Waals surface area contributed by atoms with Crippen LogP contribution in [0.15, 0.2) is 68.3 Å². The number of rotatable bonds is 5. The van der Waals surface area contributed by atoms with Gasteiger partial charge in [0.2, 0.25) is 5.43 Å². The first-order valence-electron chi connectivity index (χ1n) is 11.9. The predicted molar refractivity (Wildman–Crippen MR) is 141 cm³/mol. The summed E-state index contributed by atoms with van der Waals surface area (Å²) >= 11 is 3.37. The maximum absolute atomic E-state index is 13.7. The highest BCUT2D eigenvalue weighted by atomic mass is 79.9. The van der Waals surface area contributed by atoms with Crippen molar-refractivity contribution < 1.29 is 23.4 Å². The quantitative estimate of drug-likeness (QED) is 0.200. The molecule has 6 nitrogen and oxygen atoms in total. The molecule has 3 aromatic carbocycles. The Labute approximate surface area is 216 Å². The van der Waals surface area contributed by atoms with Gasteiger partial charge in [0.05, 0.1) is 29.7 Å². The summed E-state index contributed by atoms with van der Waals surface area (Å²) in [5, 5.41) is 0.439. The lowest BCUT2D eigenvalue weighted by Crippen LogP contribution is -2.12. The summed E-state index contributed by atoms with van der Waals surface area (Å²) in [5.74, 6) is 1.67. The summed E-state index contributed by atoms with van der Waals surface area (Å²) in [6, 6.07) is 15.9. The molecule has 1 aromatic heterocycles. The molecule has 0 atom stereocenters. The number of benzene rings is 3. The molecule has 1 aliphatic heterocycles. The summed E-state index contributed by atoms with van der Waals surface area (Å²) in [5.41, 5.74) is 2.61. The second-order valence-corrected chi connectivity index (χ2v) is 9.59. The van der Waals surface area contributed by atoms with E-state index < -0.39 is 5.97 Å². The number of carbonyl (C=O) groups excluding carboxylic acids is 1. The van der Waals surface area contributed by atoms with E-state index in [1.807, 2.05) is 25.1 Å². The summed E-state index contributed by atoms with van der Waals surface area (Å²) in [7, 11) is 0. The monoisotopic (exact) mass is 548 g/mol. The third-order valence-corrected chi connectivity index (χ3v) is 6.62. The molecule has 5 rings (SSSR count). The van der Waals surface area contributed by atoms with E-state index in [0.717, 1.165) is 22.9 Å². The lowest BCUT2D eigenvalue weighted by atomic mass is 9.99. The van der Waals surface area contributed by atoms with Gasteiger partial charge in [-0.3, -0.25) is 4.79 Å². The van der Waals surface area contributed by atoms with Crippen LogP contribution in [-0.2, 0) is 6.42 Å². The highest BCUT2D eigenvalue weighted by Gasteiger charge is 2.20. The summed E-state index contributed by atoms with van der Waals surface area (Å²) in [4.78, 5) is 26.5. The normalized spacial score (nSPS) is 12.9. The van der Waals surface area contributed by atoms with Crippen molar-refractivity contribution in [3.63, 3.8) is 0 Å². The van der Waals surface area contributed by atoms with Gasteiger partial charge in [-0.05, 0) is 66.9 Å². The third-order valence-electron chi connectivity index (χ3n) is 6.09. The molecule has 0 saturated carbocycles. The molecule has 0 radical (unpaired) electrons. The van der Waals surface area contributed by atoms with E-state index in [0.29, 0.717) is 70.3 Å². The Balaban J connectivity index is 1.57. The maximum atomic E-state index is 13.7. The van der Waals surface area contributed by atoms with E-state index in [1.54, 1.807) is 43.3 Å². The van der Waals surface area contributed by atoms with Crippen LogP contribution >= 0.6 is 15.9 Å². The zero-order valence-electron chi connectivity index (χ0n) is 20.1. The fraction of sp³-hybridized carbons (Fsp3) is 0.241. The van der Waals surface area contributed by atoms with Crippen molar-refractivity contribution in [2.45, 2.75) is 33.1 Å². The second kappa shape index (κ2) is 10.2. The standard InChI is InChI=1S/C29H25BrO6/c1-3-5-19-14-22-25(16-24(19)36-29(32)18-6-9-21(30)10-7-18)35-17(2)27(28(22)31)20-8-11-23-26(15-20)34-13-4-12-33-23/h6-11,14-16H,3-5,12-13H2,1-2H3. The number of hydrogen-bond acceptors (Lipinski definition) is 6. The van der Waals surface area contributed by atoms with Crippen molar-refractivity contribution in [1.82, 2.24) is 0 Å². The molecule has 184 valence electrons. The minimum absolute atomic E-state index is 0.147. The molecule has 0 unspecified atom stereocenters. The fourth-order valence-corrected chi connectivity index (χ4v) is 4.60. The largest absolute Gasteiger partial charge is 0.490 e. The molecule has 7 heteroatoms. The van der Waals surface area contributed by atoms with Crippen LogP contribution in [0, 0.1) is 6.92 Å². The van der Waals surface area contributed by atoms with E-state index in [9.17, 15) is 9.59 Å². The Hall–Kier alpha value is -3.58. The highest BCUT2D eigenvalue weighted by Crippen LogP contribution is 2.36. The van der Waals surface area contributed by atoms with Crippen LogP contribution in [0.25, 0.3) is 22.1 Å². The van der Waals surface area contributed by atoms with Gasteiger partial charge >= 0.3 is 5.97 Å². The fourth-order valence-electron chi connectivity index (χ4n) is 4.34. The Morgan fingerprint density at radius 2 is 1.75 bits per heavy atom. The average molecular weight is 549 g/mol. The molecule has 0 aliphatic carbocycles. The summed E-state index contributed by atoms with van der Waals surface area (Å²) in [6.45, 7) is 4.94. The molecule has 0 saturated heterocycles. The number of esters is 1. The average Bonchev–Trinajstić information content (AvgIpc) is 3.10. The van der Waals surface area contributed by atoms with Crippen LogP contribution < -0.4 is 19.6 Å². The zero-order chi connectivity index (χ0) is 25.2. The minimum Gasteiger partial charge on any atom is -0.490 e. The number of fused-ring (bicyclic) bond motifs is 2. The number of hydrogen-bond donors (Lipinski definition) is 0. The van der Waals surface area contributed by atoms with Gasteiger partial charge in [-0.1, -0.05) is 35.3 Å². The Morgan fingerprint density at radius 1 is 1.00 bits per heavy atom. The smallest absolute Gasteiger partial charge is 0.343 e. The van der Waals surface area contributed by atoms with Crippen molar-refractivity contribution in [3.8, 4) is 28.4 Å². The molecule has 36 heavy (non-hydrogen) atoms. The number of aryl methyl sites for hydroxylation is 2. The van der Waals surface area contributed by atoms with Gasteiger partial charge in [-0.15, -0.1) is 0 Å². The van der Waals surface area contributed by atoms with Gasteiger partial charge < -0.3 is 18.6 Å². The van der Waals surface area contributed by atoms with Gasteiger partial charge in [0.25, 0.3) is 0 Å². The van der Waals surface area contributed by atoms with E-state index in [2.05, 4.69) is 15.9 Å². The topological polar surface area (TPSA) is 75.0 Å². The lowest BCUT2D eigenvalue weighted by molar-refractivity contribution is 0.0733. The van der Waals surface area contributed by atoms with Crippen LogP contribution in [-0.4, -0.2) is 19.2 Å². The van der Waals surface area contributed by atoms with Crippen molar-refractivity contribution >= 4 is 32.9 Å². The van der Waals surface area contributed by atoms with Crippen LogP contribution in [0.2, 0.25) is 0 Å². The van der Waals surface area contributed by atoms with Crippen LogP contribution in [0.4, 0.5) is 0 Å². The third kappa shape index (κ3) is 4.75. The van der Waals surface area contributed by atoms with E-state index >= 15 is 0 Å². The Kier molecular flexibility index (Phi) is 6.83. The second-order valence-electron chi connectivity index (χ2n) is 8.68. The Morgan fingerprint density at radius 3 is 2.50 bits per heavy atom. The van der Waals surface area contributed by atoms with Gasteiger partial charge in [0, 0.05) is 17.0 Å². The van der Waals surface area contributed by atoms with E-state index in [1.165, 1.54) is 0 Å². The van der Waals surface area contributed by atoms with Crippen LogP contribution in [0.1, 0.15) is 41.4 Å². The Bertz CT molecular complexity index is 1500. The van der Waals surface area contributed by atoms with Crippen molar-refractivity contribution in [1.29, 1.82) is 0 Å².